The topological polar surface area (TPSA) is 57.7 Å². The van der Waals surface area contributed by atoms with Crippen molar-refractivity contribution in [2.45, 2.75) is 17.0 Å². The monoisotopic (exact) mass is 385 g/mol. The number of aromatic nitrogens is 1. The minimum Gasteiger partial charge on any atom is -0.454 e. The van der Waals surface area contributed by atoms with Crippen molar-refractivity contribution in [3.63, 3.8) is 0 Å². The standard InChI is InChI=1S/C19H15NO4S2/c1-12-9-25-19(20-12)26-10-13-4-2-3-5-15(13)18(21)24-14-6-7-16-17(8-14)23-11-22-16/h2-9H,10-11H2,1H3. The lowest BCUT2D eigenvalue weighted by Gasteiger charge is -2.09. The Hall–Kier alpha value is -2.51. The van der Waals surface area contributed by atoms with Gasteiger partial charge in [-0.25, -0.2) is 9.78 Å². The van der Waals surface area contributed by atoms with E-state index in [0.29, 0.717) is 28.6 Å². The third kappa shape index (κ3) is 3.68. The molecule has 0 bridgehead atoms. The second-order valence-corrected chi connectivity index (χ2v) is 7.69. The smallest absolute Gasteiger partial charge is 0.343 e. The first-order valence-electron chi connectivity index (χ1n) is 7.94. The number of esters is 1. The molecule has 0 N–H and O–H groups in total. The summed E-state index contributed by atoms with van der Waals surface area (Å²) < 4.78 is 17.1. The van der Waals surface area contributed by atoms with Crippen molar-refractivity contribution < 1.29 is 19.0 Å². The van der Waals surface area contributed by atoms with Gasteiger partial charge >= 0.3 is 5.97 Å². The fourth-order valence-corrected chi connectivity index (χ4v) is 4.34. The lowest BCUT2D eigenvalue weighted by atomic mass is 10.1. The number of benzene rings is 2. The molecule has 0 atom stereocenters. The van der Waals surface area contributed by atoms with E-state index in [1.165, 1.54) is 0 Å². The molecule has 0 saturated carbocycles. The van der Waals surface area contributed by atoms with Crippen molar-refractivity contribution in [1.29, 1.82) is 0 Å². The number of hydrogen-bond donors (Lipinski definition) is 0. The van der Waals surface area contributed by atoms with Crippen LogP contribution >= 0.6 is 23.1 Å². The molecule has 0 saturated heterocycles. The lowest BCUT2D eigenvalue weighted by Crippen LogP contribution is -2.11. The van der Waals surface area contributed by atoms with Crippen LogP contribution < -0.4 is 14.2 Å². The molecule has 1 aliphatic heterocycles. The van der Waals surface area contributed by atoms with Crippen LogP contribution in [0.5, 0.6) is 17.2 Å². The van der Waals surface area contributed by atoms with Gasteiger partial charge in [-0.3, -0.25) is 0 Å². The predicted octanol–water partition coefficient (Wildman–Crippen LogP) is 4.69. The second-order valence-electron chi connectivity index (χ2n) is 5.61. The average molecular weight is 385 g/mol. The van der Waals surface area contributed by atoms with E-state index in [-0.39, 0.29) is 6.79 Å². The Balaban J connectivity index is 1.49. The van der Waals surface area contributed by atoms with E-state index in [1.807, 2.05) is 30.5 Å². The zero-order chi connectivity index (χ0) is 17.9. The van der Waals surface area contributed by atoms with Crippen LogP contribution in [0.3, 0.4) is 0 Å². The SMILES string of the molecule is Cc1csc(SCc2ccccc2C(=O)Oc2ccc3c(c2)OCO3)n1. The first-order chi connectivity index (χ1) is 12.7. The lowest BCUT2D eigenvalue weighted by molar-refractivity contribution is 0.0733. The van der Waals surface area contributed by atoms with Gasteiger partial charge in [-0.05, 0) is 30.7 Å². The summed E-state index contributed by atoms with van der Waals surface area (Å²) in [6, 6.07) is 12.6. The highest BCUT2D eigenvalue weighted by Crippen LogP contribution is 2.35. The number of carbonyl (C=O) groups is 1. The summed E-state index contributed by atoms with van der Waals surface area (Å²) in [5.74, 6) is 1.92. The Bertz CT molecular complexity index is 954. The van der Waals surface area contributed by atoms with Crippen LogP contribution in [0.25, 0.3) is 0 Å². The molecule has 5 nitrogen and oxygen atoms in total. The summed E-state index contributed by atoms with van der Waals surface area (Å²) in [4.78, 5) is 17.1. The van der Waals surface area contributed by atoms with Gasteiger partial charge in [0.1, 0.15) is 10.1 Å². The zero-order valence-electron chi connectivity index (χ0n) is 13.9. The Morgan fingerprint density at radius 3 is 2.92 bits per heavy atom. The number of nitrogens with zero attached hydrogens (tertiary/aromatic N) is 1. The van der Waals surface area contributed by atoms with Crippen molar-refractivity contribution in [1.82, 2.24) is 4.98 Å². The van der Waals surface area contributed by atoms with E-state index in [1.54, 1.807) is 47.4 Å². The zero-order valence-corrected chi connectivity index (χ0v) is 15.6. The van der Waals surface area contributed by atoms with Gasteiger partial charge in [0, 0.05) is 22.9 Å². The fraction of sp³-hybridized carbons (Fsp3) is 0.158. The molecule has 3 aromatic rings. The van der Waals surface area contributed by atoms with Crippen molar-refractivity contribution in [2.75, 3.05) is 6.79 Å². The molecule has 1 aliphatic rings. The van der Waals surface area contributed by atoms with Gasteiger partial charge in [-0.2, -0.15) is 0 Å². The molecule has 26 heavy (non-hydrogen) atoms. The largest absolute Gasteiger partial charge is 0.454 e. The number of thioether (sulfide) groups is 1. The molecule has 0 spiro atoms. The molecule has 0 fully saturated rings. The van der Waals surface area contributed by atoms with E-state index in [4.69, 9.17) is 14.2 Å². The minimum absolute atomic E-state index is 0.184. The quantitative estimate of drug-likeness (QED) is 0.361. The molecule has 0 amide bonds. The molecule has 1 aromatic heterocycles. The molecule has 132 valence electrons. The van der Waals surface area contributed by atoms with Crippen molar-refractivity contribution in [3.8, 4) is 17.2 Å². The number of thiazole rings is 1. The normalized spacial score (nSPS) is 12.2. The highest BCUT2D eigenvalue weighted by atomic mass is 32.2. The highest BCUT2D eigenvalue weighted by molar-refractivity contribution is 8.00. The summed E-state index contributed by atoms with van der Waals surface area (Å²) >= 11 is 3.22. The summed E-state index contributed by atoms with van der Waals surface area (Å²) in [6.45, 7) is 2.15. The maximum Gasteiger partial charge on any atom is 0.343 e. The van der Waals surface area contributed by atoms with Crippen LogP contribution in [-0.4, -0.2) is 17.7 Å². The number of fused-ring (bicyclic) bond motifs is 1. The van der Waals surface area contributed by atoms with Crippen LogP contribution in [-0.2, 0) is 5.75 Å². The van der Waals surface area contributed by atoms with Gasteiger partial charge < -0.3 is 14.2 Å². The minimum atomic E-state index is -0.393. The van der Waals surface area contributed by atoms with Gasteiger partial charge in [0.05, 0.1) is 5.56 Å². The van der Waals surface area contributed by atoms with Crippen LogP contribution in [0.15, 0.2) is 52.2 Å². The Morgan fingerprint density at radius 1 is 1.23 bits per heavy atom. The molecule has 0 aliphatic carbocycles. The first-order valence-corrected chi connectivity index (χ1v) is 9.80. The van der Waals surface area contributed by atoms with Gasteiger partial charge in [-0.15, -0.1) is 11.3 Å². The first kappa shape index (κ1) is 16.9. The number of carbonyl (C=O) groups excluding carboxylic acids is 1. The molecule has 7 heteroatoms. The predicted molar refractivity (Wildman–Crippen MR) is 100 cm³/mol. The van der Waals surface area contributed by atoms with E-state index >= 15 is 0 Å². The van der Waals surface area contributed by atoms with E-state index in [0.717, 1.165) is 15.6 Å². The molecule has 0 radical (unpaired) electrons. The van der Waals surface area contributed by atoms with Crippen molar-refractivity contribution in [2.24, 2.45) is 0 Å². The van der Waals surface area contributed by atoms with Crippen molar-refractivity contribution in [3.05, 3.63) is 64.7 Å². The Labute approximate surface area is 158 Å². The summed E-state index contributed by atoms with van der Waals surface area (Å²) in [5.41, 5.74) is 2.47. The van der Waals surface area contributed by atoms with Gasteiger partial charge in [0.2, 0.25) is 6.79 Å². The Kier molecular flexibility index (Phi) is 4.81. The maximum atomic E-state index is 12.6. The van der Waals surface area contributed by atoms with Crippen LogP contribution in [0.2, 0.25) is 0 Å². The molecule has 2 heterocycles. The molecule has 0 unspecified atom stereocenters. The summed E-state index contributed by atoms with van der Waals surface area (Å²) in [6.07, 6.45) is 0. The summed E-state index contributed by atoms with van der Waals surface area (Å²) in [5, 5.41) is 2.02. The number of rotatable bonds is 5. The maximum absolute atomic E-state index is 12.6. The van der Waals surface area contributed by atoms with Crippen LogP contribution in [0, 0.1) is 6.92 Å². The molecule has 2 aromatic carbocycles. The van der Waals surface area contributed by atoms with Crippen LogP contribution in [0.1, 0.15) is 21.6 Å². The van der Waals surface area contributed by atoms with E-state index in [2.05, 4.69) is 4.98 Å². The second kappa shape index (κ2) is 7.39. The van der Waals surface area contributed by atoms with Crippen LogP contribution in [0.4, 0.5) is 0 Å². The number of hydrogen-bond acceptors (Lipinski definition) is 7. The number of aryl methyl sites for hydroxylation is 1. The Morgan fingerprint density at radius 2 is 2.08 bits per heavy atom. The van der Waals surface area contributed by atoms with E-state index < -0.39 is 5.97 Å². The number of ether oxygens (including phenoxy) is 3. The summed E-state index contributed by atoms with van der Waals surface area (Å²) in [7, 11) is 0. The van der Waals surface area contributed by atoms with Crippen molar-refractivity contribution >= 4 is 29.1 Å². The molecular formula is C19H15NO4S2. The third-order valence-corrected chi connectivity index (χ3v) is 5.93. The average Bonchev–Trinajstić information content (AvgIpc) is 3.28. The van der Waals surface area contributed by atoms with Gasteiger partial charge in [-0.1, -0.05) is 30.0 Å². The highest BCUT2D eigenvalue weighted by Gasteiger charge is 2.18. The van der Waals surface area contributed by atoms with E-state index in [9.17, 15) is 4.79 Å². The molecule has 4 rings (SSSR count). The third-order valence-electron chi connectivity index (χ3n) is 3.74. The molecular weight excluding hydrogens is 370 g/mol. The van der Waals surface area contributed by atoms with Gasteiger partial charge in [0.25, 0.3) is 0 Å². The van der Waals surface area contributed by atoms with Gasteiger partial charge in [0.15, 0.2) is 11.5 Å². The fourth-order valence-electron chi connectivity index (χ4n) is 2.49.